The first-order valence-electron chi connectivity index (χ1n) is 11.1. The Labute approximate surface area is 203 Å². The van der Waals surface area contributed by atoms with E-state index >= 15 is 0 Å². The summed E-state index contributed by atoms with van der Waals surface area (Å²) in [4.78, 5) is 29.6. The second-order valence-corrected chi connectivity index (χ2v) is 10.5. The normalized spacial score (nSPS) is 25.7. The summed E-state index contributed by atoms with van der Waals surface area (Å²) >= 11 is 3.47. The van der Waals surface area contributed by atoms with Gasteiger partial charge in [0.2, 0.25) is 0 Å². The first-order valence-corrected chi connectivity index (χ1v) is 11.9. The minimum absolute atomic E-state index is 0.0213. The molecular formula is C27H27BrN2O3. The number of para-hydroxylation sites is 1. The first-order chi connectivity index (χ1) is 15.7. The topological polar surface area (TPSA) is 70.4 Å². The molecule has 1 saturated heterocycles. The molecule has 0 N–H and O–H groups in total. The van der Waals surface area contributed by atoms with Crippen molar-refractivity contribution in [2.75, 3.05) is 11.5 Å². The van der Waals surface area contributed by atoms with Crippen molar-refractivity contribution in [1.82, 2.24) is 0 Å². The Hall–Kier alpha value is -2.91. The number of fused-ring (bicyclic) bond motifs is 3. The SMILES string of the molecule is CCOC(=O)[C@@]1(C#N)[C@H](c2ccc(Br)cc2)[C@@H](C(=O)C(C)(C)C)N2c3ccccc3C=C[C@@H]21. The van der Waals surface area contributed by atoms with Gasteiger partial charge in [-0.05, 0) is 36.2 Å². The van der Waals surface area contributed by atoms with Gasteiger partial charge in [0.15, 0.2) is 11.2 Å². The molecule has 2 heterocycles. The van der Waals surface area contributed by atoms with E-state index in [4.69, 9.17) is 4.74 Å². The molecule has 5 nitrogen and oxygen atoms in total. The molecule has 0 saturated carbocycles. The lowest BCUT2D eigenvalue weighted by atomic mass is 9.67. The number of anilines is 1. The van der Waals surface area contributed by atoms with Crippen molar-refractivity contribution in [2.24, 2.45) is 10.8 Å². The number of hydrogen-bond donors (Lipinski definition) is 0. The highest BCUT2D eigenvalue weighted by atomic mass is 79.9. The minimum atomic E-state index is -1.58. The lowest BCUT2D eigenvalue weighted by Gasteiger charge is -2.37. The smallest absolute Gasteiger partial charge is 0.329 e. The fourth-order valence-corrected chi connectivity index (χ4v) is 5.37. The quantitative estimate of drug-likeness (QED) is 0.511. The molecule has 2 aliphatic heterocycles. The summed E-state index contributed by atoms with van der Waals surface area (Å²) in [6.45, 7) is 7.52. The molecule has 2 aromatic carbocycles. The summed E-state index contributed by atoms with van der Waals surface area (Å²) in [5, 5.41) is 10.7. The maximum Gasteiger partial charge on any atom is 0.329 e. The van der Waals surface area contributed by atoms with Crippen molar-refractivity contribution in [3.63, 3.8) is 0 Å². The zero-order valence-electron chi connectivity index (χ0n) is 19.2. The van der Waals surface area contributed by atoms with Crippen molar-refractivity contribution in [1.29, 1.82) is 5.26 Å². The van der Waals surface area contributed by atoms with Gasteiger partial charge in [-0.2, -0.15) is 5.26 Å². The number of ketones is 1. The third kappa shape index (κ3) is 3.59. The summed E-state index contributed by atoms with van der Waals surface area (Å²) in [5.74, 6) is -1.32. The van der Waals surface area contributed by atoms with Crippen molar-refractivity contribution in [2.45, 2.75) is 45.7 Å². The van der Waals surface area contributed by atoms with Crippen LogP contribution in [-0.4, -0.2) is 30.4 Å². The molecule has 2 aromatic rings. The molecule has 0 bridgehead atoms. The zero-order chi connectivity index (χ0) is 24.0. The first kappa shape index (κ1) is 23.3. The summed E-state index contributed by atoms with van der Waals surface area (Å²) in [5.41, 5.74) is 0.290. The molecule has 170 valence electrons. The van der Waals surface area contributed by atoms with E-state index in [1.54, 1.807) is 6.92 Å². The van der Waals surface area contributed by atoms with Gasteiger partial charge in [-0.1, -0.05) is 79.2 Å². The molecule has 0 amide bonds. The summed E-state index contributed by atoms with van der Waals surface area (Å²) in [6, 6.07) is 16.3. The monoisotopic (exact) mass is 506 g/mol. The molecule has 33 heavy (non-hydrogen) atoms. The van der Waals surface area contributed by atoms with Gasteiger partial charge in [0.05, 0.1) is 24.8 Å². The Bertz CT molecular complexity index is 1160. The second kappa shape index (κ2) is 8.46. The van der Waals surface area contributed by atoms with E-state index in [0.717, 1.165) is 21.3 Å². The van der Waals surface area contributed by atoms with Crippen molar-refractivity contribution >= 4 is 39.4 Å². The predicted molar refractivity (Wildman–Crippen MR) is 132 cm³/mol. The highest BCUT2D eigenvalue weighted by Gasteiger charge is 2.67. The second-order valence-electron chi connectivity index (χ2n) is 9.56. The molecule has 0 unspecified atom stereocenters. The Balaban J connectivity index is 2.05. The van der Waals surface area contributed by atoms with Gasteiger partial charge in [0, 0.05) is 21.5 Å². The van der Waals surface area contributed by atoms with Gasteiger partial charge in [-0.25, -0.2) is 0 Å². The number of carbonyl (C=O) groups is 2. The number of benzene rings is 2. The maximum atomic E-state index is 14.0. The molecule has 4 atom stereocenters. The van der Waals surface area contributed by atoms with Crippen molar-refractivity contribution in [3.05, 3.63) is 70.2 Å². The van der Waals surface area contributed by atoms with Crippen LogP contribution in [0.25, 0.3) is 6.08 Å². The van der Waals surface area contributed by atoms with Gasteiger partial charge in [0.25, 0.3) is 0 Å². The fraction of sp³-hybridized carbons (Fsp3) is 0.370. The molecular weight excluding hydrogens is 480 g/mol. The highest BCUT2D eigenvalue weighted by molar-refractivity contribution is 9.10. The van der Waals surface area contributed by atoms with E-state index in [9.17, 15) is 14.9 Å². The zero-order valence-corrected chi connectivity index (χ0v) is 20.8. The van der Waals surface area contributed by atoms with Crippen LogP contribution in [0.4, 0.5) is 5.69 Å². The average Bonchev–Trinajstić information content (AvgIpc) is 3.10. The molecule has 1 fully saturated rings. The Morgan fingerprint density at radius 3 is 2.42 bits per heavy atom. The standard InChI is InChI=1S/C27H27BrN2O3/c1-5-33-25(32)27(16-29)21-15-12-17-8-6-7-9-20(17)30(21)23(24(31)26(2,3)4)22(27)18-10-13-19(28)14-11-18/h6-15,21-23H,5H2,1-4H3/t21-,22-,23+,27-/m1/s1. The van der Waals surface area contributed by atoms with Crippen LogP contribution in [0.5, 0.6) is 0 Å². The van der Waals surface area contributed by atoms with E-state index < -0.39 is 34.8 Å². The minimum Gasteiger partial charge on any atom is -0.465 e. The summed E-state index contributed by atoms with van der Waals surface area (Å²) < 4.78 is 6.38. The van der Waals surface area contributed by atoms with Crippen LogP contribution in [0.1, 0.15) is 44.7 Å². The van der Waals surface area contributed by atoms with E-state index in [0.29, 0.717) is 0 Å². The number of carbonyl (C=O) groups excluding carboxylic acids is 2. The molecule has 0 spiro atoms. The molecule has 0 aromatic heterocycles. The van der Waals surface area contributed by atoms with Gasteiger partial charge < -0.3 is 9.64 Å². The van der Waals surface area contributed by atoms with Crippen LogP contribution in [0.15, 0.2) is 59.1 Å². The number of halogens is 1. The third-order valence-electron chi connectivity index (χ3n) is 6.58. The van der Waals surface area contributed by atoms with E-state index in [1.165, 1.54) is 0 Å². The largest absolute Gasteiger partial charge is 0.465 e. The highest BCUT2D eigenvalue weighted by Crippen LogP contribution is 2.57. The van der Waals surface area contributed by atoms with Crippen LogP contribution in [0.2, 0.25) is 0 Å². The number of nitrogens with zero attached hydrogens (tertiary/aromatic N) is 2. The molecule has 0 aliphatic carbocycles. The van der Waals surface area contributed by atoms with Gasteiger partial charge >= 0.3 is 5.97 Å². The number of ether oxygens (including phenoxy) is 1. The summed E-state index contributed by atoms with van der Waals surface area (Å²) in [6.07, 6.45) is 3.81. The maximum absolute atomic E-state index is 14.0. The molecule has 2 aliphatic rings. The number of Topliss-reactive ketones (excluding diaryl/α,β-unsaturated/α-hetero) is 1. The summed E-state index contributed by atoms with van der Waals surface area (Å²) in [7, 11) is 0. The number of rotatable bonds is 4. The number of nitriles is 1. The molecule has 6 heteroatoms. The van der Waals surface area contributed by atoms with Gasteiger partial charge in [-0.3, -0.25) is 9.59 Å². The molecule has 4 rings (SSSR count). The average molecular weight is 507 g/mol. The van der Waals surface area contributed by atoms with Crippen LogP contribution in [0.3, 0.4) is 0 Å². The Morgan fingerprint density at radius 2 is 1.82 bits per heavy atom. The van der Waals surface area contributed by atoms with Crippen LogP contribution in [0, 0.1) is 22.2 Å². The van der Waals surface area contributed by atoms with Gasteiger partial charge in [-0.15, -0.1) is 0 Å². The van der Waals surface area contributed by atoms with E-state index in [-0.39, 0.29) is 12.4 Å². The van der Waals surface area contributed by atoms with Crippen molar-refractivity contribution < 1.29 is 14.3 Å². The predicted octanol–water partition coefficient (Wildman–Crippen LogP) is 5.51. The Kier molecular flexibility index (Phi) is 5.96. The van der Waals surface area contributed by atoms with Crippen molar-refractivity contribution in [3.8, 4) is 6.07 Å². The fourth-order valence-electron chi connectivity index (χ4n) is 5.10. The number of esters is 1. The lowest BCUT2D eigenvalue weighted by molar-refractivity contribution is -0.152. The van der Waals surface area contributed by atoms with Crippen LogP contribution < -0.4 is 4.90 Å². The Morgan fingerprint density at radius 1 is 1.15 bits per heavy atom. The van der Waals surface area contributed by atoms with E-state index in [1.807, 2.05) is 86.4 Å². The lowest BCUT2D eigenvalue weighted by Crippen LogP contribution is -2.48. The number of hydrogen-bond acceptors (Lipinski definition) is 5. The third-order valence-corrected chi connectivity index (χ3v) is 7.11. The van der Waals surface area contributed by atoms with E-state index in [2.05, 4.69) is 22.0 Å². The molecule has 0 radical (unpaired) electrons. The van der Waals surface area contributed by atoms with Crippen LogP contribution >= 0.6 is 15.9 Å². The van der Waals surface area contributed by atoms with Gasteiger partial charge in [0.1, 0.15) is 0 Å². The van der Waals surface area contributed by atoms with Crippen LogP contribution in [-0.2, 0) is 14.3 Å².